The summed E-state index contributed by atoms with van der Waals surface area (Å²) >= 11 is 0. The Morgan fingerprint density at radius 2 is 1.81 bits per heavy atom. The van der Waals surface area contributed by atoms with Crippen molar-refractivity contribution in [2.75, 3.05) is 39.3 Å². The van der Waals surface area contributed by atoms with Gasteiger partial charge in [0.2, 0.25) is 5.91 Å². The largest absolute Gasteiger partial charge is 0.377 e. The Morgan fingerprint density at radius 1 is 1.06 bits per heavy atom. The molecule has 32 heavy (non-hydrogen) atoms. The Balaban J connectivity index is 1.20. The summed E-state index contributed by atoms with van der Waals surface area (Å²) < 4.78 is 6.04. The lowest BCUT2D eigenvalue weighted by atomic mass is 9.83. The fraction of sp³-hybridized carbons (Fsp3) is 0.520. The molecule has 170 valence electrons. The second-order valence-electron chi connectivity index (χ2n) is 9.51. The number of amides is 2. The molecule has 5 rings (SSSR count). The van der Waals surface area contributed by atoms with Gasteiger partial charge in [0, 0.05) is 44.9 Å². The van der Waals surface area contributed by atoms with E-state index in [-0.39, 0.29) is 29.8 Å². The zero-order valence-corrected chi connectivity index (χ0v) is 18.4. The summed E-state index contributed by atoms with van der Waals surface area (Å²) in [7, 11) is 0. The number of primary amides is 1. The van der Waals surface area contributed by atoms with Gasteiger partial charge in [-0.3, -0.25) is 9.59 Å². The van der Waals surface area contributed by atoms with E-state index in [4.69, 9.17) is 10.5 Å². The van der Waals surface area contributed by atoms with Crippen molar-refractivity contribution < 1.29 is 14.3 Å². The van der Waals surface area contributed by atoms with Crippen LogP contribution in [0.25, 0.3) is 0 Å². The Kier molecular flexibility index (Phi) is 6.02. The van der Waals surface area contributed by atoms with Crippen LogP contribution in [0.5, 0.6) is 0 Å². The van der Waals surface area contributed by atoms with Crippen LogP contribution in [0.15, 0.2) is 48.7 Å². The number of hydrogen-bond donors (Lipinski definition) is 2. The van der Waals surface area contributed by atoms with E-state index in [0.29, 0.717) is 30.6 Å². The number of carbonyl (C=O) groups is 2. The van der Waals surface area contributed by atoms with Gasteiger partial charge in [-0.25, -0.2) is 0 Å². The van der Waals surface area contributed by atoms with Crippen molar-refractivity contribution in [3.8, 4) is 0 Å². The van der Waals surface area contributed by atoms with E-state index in [1.54, 1.807) is 6.20 Å². The van der Waals surface area contributed by atoms with Crippen molar-refractivity contribution in [3.63, 3.8) is 0 Å². The third-order valence-electron chi connectivity index (χ3n) is 7.56. The normalized spacial score (nSPS) is 28.7. The molecule has 4 heterocycles. The number of ether oxygens (including phenoxy) is 1. The number of aromatic amines is 1. The molecule has 2 aromatic rings. The molecule has 1 aromatic carbocycles. The molecule has 5 atom stereocenters. The highest BCUT2D eigenvalue weighted by molar-refractivity contribution is 5.92. The fourth-order valence-corrected chi connectivity index (χ4v) is 5.93. The van der Waals surface area contributed by atoms with E-state index in [1.165, 1.54) is 5.56 Å². The minimum Gasteiger partial charge on any atom is -0.377 e. The lowest BCUT2D eigenvalue weighted by molar-refractivity contribution is -0.123. The standard InChI is InChI=1S/C25H32N4O3/c26-24(30)21-9-12-32-23(21)20(17-5-2-1-3-6-17)8-11-28-13-18-15-29(16-19(18)14-28)25(31)22-7-4-10-27-22/h1-7,10,18-21,23,27H,8-9,11-16H2,(H2,26,30)/t18?,19?,20-,21?,23?/m0/s1. The molecule has 4 unspecified atom stereocenters. The van der Waals surface area contributed by atoms with Gasteiger partial charge >= 0.3 is 0 Å². The van der Waals surface area contributed by atoms with E-state index < -0.39 is 0 Å². The molecule has 1 aromatic heterocycles. The Hall–Kier alpha value is -2.64. The van der Waals surface area contributed by atoms with Gasteiger partial charge in [-0.05, 0) is 48.9 Å². The SMILES string of the molecule is NC(=O)C1CCOC1[C@@H](CCN1CC2CN(C(=O)c3ccc[nH]3)CC2C1)c1ccccc1. The maximum Gasteiger partial charge on any atom is 0.270 e. The number of aromatic nitrogens is 1. The van der Waals surface area contributed by atoms with Crippen molar-refractivity contribution in [1.29, 1.82) is 0 Å². The van der Waals surface area contributed by atoms with Crippen molar-refractivity contribution in [2.45, 2.75) is 24.9 Å². The van der Waals surface area contributed by atoms with E-state index in [9.17, 15) is 9.59 Å². The minimum atomic E-state index is -0.254. The van der Waals surface area contributed by atoms with Gasteiger partial charge in [-0.15, -0.1) is 0 Å². The van der Waals surface area contributed by atoms with E-state index in [0.717, 1.165) is 39.1 Å². The topological polar surface area (TPSA) is 91.7 Å². The van der Waals surface area contributed by atoms with Crippen LogP contribution in [0, 0.1) is 17.8 Å². The summed E-state index contributed by atoms with van der Waals surface area (Å²) in [5, 5.41) is 0. The Morgan fingerprint density at radius 3 is 2.47 bits per heavy atom. The second-order valence-corrected chi connectivity index (χ2v) is 9.51. The molecule has 0 bridgehead atoms. The summed E-state index contributed by atoms with van der Waals surface area (Å²) in [6.07, 6.45) is 3.29. The molecule has 7 heteroatoms. The summed E-state index contributed by atoms with van der Waals surface area (Å²) in [6, 6.07) is 14.1. The first-order valence-corrected chi connectivity index (χ1v) is 11.7. The molecule has 3 aliphatic rings. The van der Waals surface area contributed by atoms with Crippen LogP contribution in [-0.4, -0.2) is 72.0 Å². The van der Waals surface area contributed by atoms with Crippen molar-refractivity contribution in [1.82, 2.24) is 14.8 Å². The summed E-state index contributed by atoms with van der Waals surface area (Å²) in [5.41, 5.74) is 7.58. The highest BCUT2D eigenvalue weighted by Crippen LogP contribution is 2.37. The van der Waals surface area contributed by atoms with Gasteiger partial charge in [0.1, 0.15) is 5.69 Å². The maximum absolute atomic E-state index is 12.7. The van der Waals surface area contributed by atoms with Crippen molar-refractivity contribution in [3.05, 3.63) is 59.9 Å². The van der Waals surface area contributed by atoms with Gasteiger partial charge < -0.3 is 25.3 Å². The molecule has 0 radical (unpaired) electrons. The highest BCUT2D eigenvalue weighted by atomic mass is 16.5. The van der Waals surface area contributed by atoms with Gasteiger partial charge in [-0.2, -0.15) is 0 Å². The third kappa shape index (κ3) is 4.19. The molecule has 0 aliphatic carbocycles. The van der Waals surface area contributed by atoms with Crippen LogP contribution in [0.4, 0.5) is 0 Å². The fourth-order valence-electron chi connectivity index (χ4n) is 5.93. The molecule has 2 amide bonds. The van der Waals surface area contributed by atoms with E-state index in [1.807, 2.05) is 35.2 Å². The lowest BCUT2D eigenvalue weighted by Crippen LogP contribution is -2.37. The number of fused-ring (bicyclic) bond motifs is 1. The number of nitrogens with zero attached hydrogens (tertiary/aromatic N) is 2. The monoisotopic (exact) mass is 436 g/mol. The van der Waals surface area contributed by atoms with Crippen LogP contribution in [0.2, 0.25) is 0 Å². The number of rotatable bonds is 7. The summed E-state index contributed by atoms with van der Waals surface area (Å²) in [6.45, 7) is 5.26. The van der Waals surface area contributed by atoms with Crippen LogP contribution in [0.1, 0.15) is 34.8 Å². The Labute approximate surface area is 188 Å². The molecule has 3 aliphatic heterocycles. The van der Waals surface area contributed by atoms with Gasteiger partial charge in [0.05, 0.1) is 12.0 Å². The summed E-state index contributed by atoms with van der Waals surface area (Å²) in [4.78, 5) is 32.2. The number of hydrogen-bond acceptors (Lipinski definition) is 4. The van der Waals surface area contributed by atoms with Gasteiger partial charge in [0.25, 0.3) is 5.91 Å². The number of nitrogens with one attached hydrogen (secondary N) is 1. The van der Waals surface area contributed by atoms with E-state index in [2.05, 4.69) is 22.0 Å². The molecule has 3 fully saturated rings. The average molecular weight is 437 g/mol. The number of likely N-dealkylation sites (tertiary alicyclic amines) is 2. The molecule has 3 saturated heterocycles. The predicted octanol–water partition coefficient (Wildman–Crippen LogP) is 2.08. The molecule has 0 saturated carbocycles. The first-order chi connectivity index (χ1) is 15.6. The predicted molar refractivity (Wildman–Crippen MR) is 121 cm³/mol. The quantitative estimate of drug-likeness (QED) is 0.695. The number of benzene rings is 1. The lowest BCUT2D eigenvalue weighted by Gasteiger charge is -2.29. The van der Waals surface area contributed by atoms with Crippen LogP contribution >= 0.6 is 0 Å². The molecular weight excluding hydrogens is 404 g/mol. The summed E-state index contributed by atoms with van der Waals surface area (Å²) in [5.74, 6) is 0.857. The van der Waals surface area contributed by atoms with Gasteiger partial charge in [-0.1, -0.05) is 30.3 Å². The Bertz CT molecular complexity index is 918. The molecule has 0 spiro atoms. The molecular formula is C25H32N4O3. The zero-order chi connectivity index (χ0) is 22.1. The van der Waals surface area contributed by atoms with Crippen LogP contribution in [-0.2, 0) is 9.53 Å². The van der Waals surface area contributed by atoms with Crippen LogP contribution < -0.4 is 5.73 Å². The highest BCUT2D eigenvalue weighted by Gasteiger charge is 2.43. The number of carbonyl (C=O) groups excluding carboxylic acids is 2. The smallest absolute Gasteiger partial charge is 0.270 e. The van der Waals surface area contributed by atoms with Gasteiger partial charge in [0.15, 0.2) is 0 Å². The van der Waals surface area contributed by atoms with Crippen molar-refractivity contribution >= 4 is 11.8 Å². The van der Waals surface area contributed by atoms with Crippen LogP contribution in [0.3, 0.4) is 0 Å². The zero-order valence-electron chi connectivity index (χ0n) is 18.4. The minimum absolute atomic E-state index is 0.107. The molecule has 7 nitrogen and oxygen atoms in total. The second kappa shape index (κ2) is 9.08. The third-order valence-corrected chi connectivity index (χ3v) is 7.56. The van der Waals surface area contributed by atoms with E-state index >= 15 is 0 Å². The first-order valence-electron chi connectivity index (χ1n) is 11.7. The van der Waals surface area contributed by atoms with Crippen molar-refractivity contribution in [2.24, 2.45) is 23.5 Å². The maximum atomic E-state index is 12.7. The number of nitrogens with two attached hydrogens (primary N) is 1. The molecule has 3 N–H and O–H groups in total. The average Bonchev–Trinajstić information content (AvgIpc) is 3.57. The first kappa shape index (κ1) is 21.2. The number of H-pyrrole nitrogens is 1.